The standard InChI is InChI=1S/C22H19NO5/c1-3-15-10-18(14-4-6-16(25-2)7-5-14)19(12-24)22(23-15)28-17-8-9-20-21(11-17)27-13-26-20/h4-12H,3,13H2,1-2H3. The molecule has 1 aliphatic heterocycles. The third-order valence-electron chi connectivity index (χ3n) is 4.52. The lowest BCUT2D eigenvalue weighted by Crippen LogP contribution is -2.01. The quantitative estimate of drug-likeness (QED) is 0.583. The van der Waals surface area contributed by atoms with Crippen LogP contribution in [0, 0.1) is 0 Å². The zero-order chi connectivity index (χ0) is 19.5. The Morgan fingerprint density at radius 1 is 1.04 bits per heavy atom. The van der Waals surface area contributed by atoms with Crippen LogP contribution in [0.5, 0.6) is 28.9 Å². The van der Waals surface area contributed by atoms with Crippen molar-refractivity contribution >= 4 is 6.29 Å². The highest BCUT2D eigenvalue weighted by Gasteiger charge is 2.18. The Morgan fingerprint density at radius 2 is 1.79 bits per heavy atom. The maximum absolute atomic E-state index is 11.9. The average Bonchev–Trinajstić information content (AvgIpc) is 3.21. The van der Waals surface area contributed by atoms with Gasteiger partial charge in [-0.1, -0.05) is 19.1 Å². The minimum Gasteiger partial charge on any atom is -0.497 e. The summed E-state index contributed by atoms with van der Waals surface area (Å²) in [5, 5.41) is 0. The summed E-state index contributed by atoms with van der Waals surface area (Å²) >= 11 is 0. The molecule has 0 radical (unpaired) electrons. The molecule has 3 aromatic rings. The second kappa shape index (κ2) is 7.60. The summed E-state index contributed by atoms with van der Waals surface area (Å²) in [5.74, 6) is 2.80. The van der Waals surface area contributed by atoms with E-state index >= 15 is 0 Å². The predicted molar refractivity (Wildman–Crippen MR) is 104 cm³/mol. The molecule has 2 heterocycles. The molecular weight excluding hydrogens is 358 g/mol. The minimum absolute atomic E-state index is 0.184. The van der Waals surface area contributed by atoms with Crippen LogP contribution >= 0.6 is 0 Å². The van der Waals surface area contributed by atoms with Gasteiger partial charge in [-0.25, -0.2) is 4.98 Å². The Kier molecular flexibility index (Phi) is 4.85. The lowest BCUT2D eigenvalue weighted by Gasteiger charge is -2.14. The lowest BCUT2D eigenvalue weighted by atomic mass is 10.00. The summed E-state index contributed by atoms with van der Waals surface area (Å²) in [6, 6.07) is 14.7. The van der Waals surface area contributed by atoms with Gasteiger partial charge in [0.25, 0.3) is 0 Å². The van der Waals surface area contributed by atoms with Crippen molar-refractivity contribution in [1.29, 1.82) is 0 Å². The van der Waals surface area contributed by atoms with E-state index < -0.39 is 0 Å². The Labute approximate surface area is 162 Å². The van der Waals surface area contributed by atoms with Crippen molar-refractivity contribution in [2.45, 2.75) is 13.3 Å². The monoisotopic (exact) mass is 377 g/mol. The fourth-order valence-corrected chi connectivity index (χ4v) is 3.02. The van der Waals surface area contributed by atoms with Crippen LogP contribution in [0.25, 0.3) is 11.1 Å². The molecule has 0 atom stereocenters. The van der Waals surface area contributed by atoms with Crippen LogP contribution in [-0.2, 0) is 6.42 Å². The van der Waals surface area contributed by atoms with Gasteiger partial charge in [-0.3, -0.25) is 4.79 Å². The summed E-state index contributed by atoms with van der Waals surface area (Å²) in [6.45, 7) is 2.19. The molecule has 0 bridgehead atoms. The molecule has 0 saturated heterocycles. The van der Waals surface area contributed by atoms with Crippen molar-refractivity contribution in [3.63, 3.8) is 0 Å². The number of fused-ring (bicyclic) bond motifs is 1. The van der Waals surface area contributed by atoms with Gasteiger partial charge in [0, 0.05) is 11.8 Å². The van der Waals surface area contributed by atoms with Gasteiger partial charge in [0.2, 0.25) is 12.7 Å². The Hall–Kier alpha value is -3.54. The number of rotatable bonds is 6. The van der Waals surface area contributed by atoms with E-state index in [1.807, 2.05) is 37.3 Å². The van der Waals surface area contributed by atoms with E-state index in [4.69, 9.17) is 18.9 Å². The van der Waals surface area contributed by atoms with Gasteiger partial charge in [0.1, 0.15) is 11.5 Å². The molecule has 2 aromatic carbocycles. The zero-order valence-corrected chi connectivity index (χ0v) is 15.6. The van der Waals surface area contributed by atoms with Gasteiger partial charge in [-0.2, -0.15) is 0 Å². The van der Waals surface area contributed by atoms with Crippen LogP contribution in [0.3, 0.4) is 0 Å². The highest BCUT2D eigenvalue weighted by atomic mass is 16.7. The topological polar surface area (TPSA) is 66.9 Å². The van der Waals surface area contributed by atoms with Gasteiger partial charge < -0.3 is 18.9 Å². The number of hydrogen-bond donors (Lipinski definition) is 0. The van der Waals surface area contributed by atoms with Crippen LogP contribution in [0.1, 0.15) is 23.0 Å². The van der Waals surface area contributed by atoms with E-state index in [2.05, 4.69) is 4.98 Å². The smallest absolute Gasteiger partial charge is 0.231 e. The second-order valence-corrected chi connectivity index (χ2v) is 6.20. The van der Waals surface area contributed by atoms with Crippen molar-refractivity contribution in [2.75, 3.05) is 13.9 Å². The Balaban J connectivity index is 1.76. The molecule has 6 heteroatoms. The van der Waals surface area contributed by atoms with Gasteiger partial charge in [0.15, 0.2) is 17.8 Å². The van der Waals surface area contributed by atoms with E-state index in [0.717, 1.165) is 28.9 Å². The third-order valence-corrected chi connectivity index (χ3v) is 4.52. The van der Waals surface area contributed by atoms with Crippen molar-refractivity contribution in [1.82, 2.24) is 4.98 Å². The van der Waals surface area contributed by atoms with Crippen molar-refractivity contribution in [3.05, 3.63) is 59.8 Å². The van der Waals surface area contributed by atoms with Crippen LogP contribution in [0.4, 0.5) is 0 Å². The van der Waals surface area contributed by atoms with Gasteiger partial charge >= 0.3 is 0 Å². The number of aryl methyl sites for hydroxylation is 1. The highest BCUT2D eigenvalue weighted by molar-refractivity contribution is 5.90. The maximum Gasteiger partial charge on any atom is 0.231 e. The van der Waals surface area contributed by atoms with Crippen molar-refractivity contribution < 1.29 is 23.7 Å². The molecule has 142 valence electrons. The van der Waals surface area contributed by atoms with Crippen LogP contribution in [0.2, 0.25) is 0 Å². The van der Waals surface area contributed by atoms with Crippen molar-refractivity contribution in [2.24, 2.45) is 0 Å². The molecule has 0 fully saturated rings. The summed E-state index contributed by atoms with van der Waals surface area (Å²) in [6.07, 6.45) is 1.48. The fraction of sp³-hybridized carbons (Fsp3) is 0.182. The first-order chi connectivity index (χ1) is 13.7. The molecule has 0 spiro atoms. The average molecular weight is 377 g/mol. The summed E-state index contributed by atoms with van der Waals surface area (Å²) in [5.41, 5.74) is 2.86. The predicted octanol–water partition coefficient (Wildman–Crippen LogP) is 4.65. The number of aromatic nitrogens is 1. The third kappa shape index (κ3) is 3.36. The summed E-state index contributed by atoms with van der Waals surface area (Å²) < 4.78 is 21.9. The van der Waals surface area contributed by atoms with E-state index in [0.29, 0.717) is 29.2 Å². The molecule has 28 heavy (non-hydrogen) atoms. The van der Waals surface area contributed by atoms with Crippen LogP contribution in [-0.4, -0.2) is 25.2 Å². The number of carbonyl (C=O) groups excluding carboxylic acids is 1. The molecule has 1 aliphatic rings. The zero-order valence-electron chi connectivity index (χ0n) is 15.6. The Bertz CT molecular complexity index is 1010. The molecular formula is C22H19NO5. The molecule has 0 N–H and O–H groups in total. The Morgan fingerprint density at radius 3 is 2.50 bits per heavy atom. The molecule has 1 aromatic heterocycles. The fourth-order valence-electron chi connectivity index (χ4n) is 3.02. The molecule has 0 amide bonds. The largest absolute Gasteiger partial charge is 0.497 e. The molecule has 4 rings (SSSR count). The first-order valence-electron chi connectivity index (χ1n) is 8.93. The number of benzene rings is 2. The van der Waals surface area contributed by atoms with Gasteiger partial charge in [0.05, 0.1) is 12.7 Å². The highest BCUT2D eigenvalue weighted by Crippen LogP contribution is 2.38. The number of aldehydes is 1. The minimum atomic E-state index is 0.184. The first-order valence-corrected chi connectivity index (χ1v) is 8.93. The van der Waals surface area contributed by atoms with E-state index in [1.54, 1.807) is 25.3 Å². The molecule has 0 unspecified atom stereocenters. The lowest BCUT2D eigenvalue weighted by molar-refractivity contribution is 0.112. The van der Waals surface area contributed by atoms with Gasteiger partial charge in [-0.15, -0.1) is 0 Å². The number of hydrogen-bond acceptors (Lipinski definition) is 6. The maximum atomic E-state index is 11.9. The van der Waals surface area contributed by atoms with E-state index in [1.165, 1.54) is 0 Å². The van der Waals surface area contributed by atoms with Crippen LogP contribution < -0.4 is 18.9 Å². The number of nitrogens with zero attached hydrogens (tertiary/aromatic N) is 1. The second-order valence-electron chi connectivity index (χ2n) is 6.20. The molecule has 6 nitrogen and oxygen atoms in total. The van der Waals surface area contributed by atoms with E-state index in [9.17, 15) is 4.79 Å². The molecule has 0 saturated carbocycles. The SMILES string of the molecule is CCc1cc(-c2ccc(OC)cc2)c(C=O)c(Oc2ccc3c(c2)OCO3)n1. The summed E-state index contributed by atoms with van der Waals surface area (Å²) in [4.78, 5) is 16.5. The van der Waals surface area contributed by atoms with E-state index in [-0.39, 0.29) is 12.7 Å². The van der Waals surface area contributed by atoms with Crippen LogP contribution in [0.15, 0.2) is 48.5 Å². The number of ether oxygens (including phenoxy) is 4. The number of pyridine rings is 1. The number of methoxy groups -OCH3 is 1. The van der Waals surface area contributed by atoms with Gasteiger partial charge in [-0.05, 0) is 47.9 Å². The summed E-state index contributed by atoms with van der Waals surface area (Å²) in [7, 11) is 1.62. The van der Waals surface area contributed by atoms with Crippen molar-refractivity contribution in [3.8, 4) is 40.0 Å². The normalized spacial score (nSPS) is 11.9. The number of carbonyl (C=O) groups is 1. The first kappa shape index (κ1) is 17.9. The molecule has 0 aliphatic carbocycles.